The number of likely N-dealkylation sites (tertiary alicyclic amines) is 1. The van der Waals surface area contributed by atoms with Gasteiger partial charge in [-0.05, 0) is 91.1 Å². The van der Waals surface area contributed by atoms with Crippen molar-refractivity contribution in [1.82, 2.24) is 40.1 Å². The van der Waals surface area contributed by atoms with Gasteiger partial charge >= 0.3 is 5.97 Å². The lowest BCUT2D eigenvalue weighted by molar-refractivity contribution is -0.155. The molecule has 328 valence electrons. The highest BCUT2D eigenvalue weighted by atomic mass is 16.5. The number of carbonyl (C=O) groups is 5. The summed E-state index contributed by atoms with van der Waals surface area (Å²) in [7, 11) is 1.58. The highest BCUT2D eigenvalue weighted by molar-refractivity contribution is 5.96. The lowest BCUT2D eigenvalue weighted by Gasteiger charge is -2.37. The van der Waals surface area contributed by atoms with E-state index in [4.69, 9.17) is 4.74 Å². The summed E-state index contributed by atoms with van der Waals surface area (Å²) in [5, 5.41) is 16.6. The number of aromatic nitrogens is 3. The predicted octanol–water partition coefficient (Wildman–Crippen LogP) is 4.66. The first kappa shape index (κ1) is 44.0. The van der Waals surface area contributed by atoms with Gasteiger partial charge in [-0.1, -0.05) is 46.4 Å². The number of fused-ring (bicyclic) bond motifs is 6. The molecule has 15 heteroatoms. The topological polar surface area (TPSA) is 179 Å². The zero-order chi connectivity index (χ0) is 44.5. The predicted molar refractivity (Wildman–Crippen MR) is 234 cm³/mol. The smallest absolute Gasteiger partial charge is 0.324 e. The van der Waals surface area contributed by atoms with Crippen LogP contribution < -0.4 is 10.7 Å². The minimum atomic E-state index is -1.16. The lowest BCUT2D eigenvalue weighted by atomic mass is 9.84. The van der Waals surface area contributed by atoms with Crippen molar-refractivity contribution in [2.45, 2.75) is 91.4 Å². The maximum atomic E-state index is 14.6. The summed E-state index contributed by atoms with van der Waals surface area (Å²) in [6.45, 7) is 15.1. The van der Waals surface area contributed by atoms with Crippen LogP contribution in [0.5, 0.6) is 5.75 Å². The Bertz CT molecular complexity index is 2380. The van der Waals surface area contributed by atoms with E-state index in [0.717, 1.165) is 38.9 Å². The molecule has 4 atom stereocenters. The Balaban J connectivity index is 1.28. The molecule has 0 radical (unpaired) electrons. The van der Waals surface area contributed by atoms with Crippen LogP contribution in [0.1, 0.15) is 65.0 Å². The summed E-state index contributed by atoms with van der Waals surface area (Å²) < 4.78 is 8.28. The zero-order valence-electron chi connectivity index (χ0n) is 36.5. The Labute approximate surface area is 362 Å². The maximum Gasteiger partial charge on any atom is 0.324 e. The van der Waals surface area contributed by atoms with Crippen LogP contribution in [0.2, 0.25) is 0 Å². The number of carbonyl (C=O) groups excluding carboxylic acids is 5. The van der Waals surface area contributed by atoms with E-state index in [1.165, 1.54) is 22.3 Å². The number of aryl methyl sites for hydroxylation is 1. The first-order chi connectivity index (χ1) is 29.6. The molecule has 2 aromatic carbocycles. The summed E-state index contributed by atoms with van der Waals surface area (Å²) in [5.41, 5.74) is 8.62. The summed E-state index contributed by atoms with van der Waals surface area (Å²) in [6, 6.07) is 8.45. The normalized spacial score (nSPS) is 21.0. The molecule has 7 rings (SSSR count). The van der Waals surface area contributed by atoms with Gasteiger partial charge in [0.15, 0.2) is 0 Å². The molecule has 0 unspecified atom stereocenters. The minimum Gasteiger partial charge on any atom is -0.508 e. The van der Waals surface area contributed by atoms with E-state index < -0.39 is 47.2 Å². The third kappa shape index (κ3) is 9.08. The number of ether oxygens (including phenoxy) is 1. The number of nitrogens with one attached hydrogen (secondary N) is 2. The lowest BCUT2D eigenvalue weighted by Crippen LogP contribution is -2.62. The molecule has 3 aliphatic heterocycles. The van der Waals surface area contributed by atoms with Crippen molar-refractivity contribution in [3.05, 3.63) is 78.9 Å². The van der Waals surface area contributed by atoms with E-state index in [9.17, 15) is 29.1 Å². The average molecular weight is 847 g/mol. The summed E-state index contributed by atoms with van der Waals surface area (Å²) in [5.74, 6) is -2.84. The Hall–Kier alpha value is -6.09. The van der Waals surface area contributed by atoms with Crippen LogP contribution in [0.4, 0.5) is 0 Å². The molecule has 2 aromatic heterocycles. The van der Waals surface area contributed by atoms with Crippen molar-refractivity contribution >= 4 is 40.5 Å². The molecule has 3 aliphatic rings. The Morgan fingerprint density at radius 2 is 1.82 bits per heavy atom. The van der Waals surface area contributed by atoms with E-state index in [0.29, 0.717) is 44.3 Å². The number of amides is 4. The minimum absolute atomic E-state index is 0.00492. The number of rotatable bonds is 8. The van der Waals surface area contributed by atoms with Crippen molar-refractivity contribution < 1.29 is 33.8 Å². The Morgan fingerprint density at radius 1 is 1.06 bits per heavy atom. The van der Waals surface area contributed by atoms with Crippen molar-refractivity contribution in [2.24, 2.45) is 17.3 Å². The van der Waals surface area contributed by atoms with Crippen LogP contribution in [0.3, 0.4) is 0 Å². The second kappa shape index (κ2) is 18.1. The second-order valence-corrected chi connectivity index (χ2v) is 18.0. The number of hydrogen-bond donors (Lipinski definition) is 3. The average Bonchev–Trinajstić information content (AvgIpc) is 3.87. The molecule has 2 fully saturated rings. The molecule has 4 aromatic rings. The monoisotopic (exact) mass is 846 g/mol. The van der Waals surface area contributed by atoms with E-state index in [-0.39, 0.29) is 49.6 Å². The van der Waals surface area contributed by atoms with Crippen LogP contribution in [-0.4, -0.2) is 115 Å². The van der Waals surface area contributed by atoms with Crippen molar-refractivity contribution in [3.63, 3.8) is 0 Å². The fraction of sp³-hybridized carbons (Fsp3) is 0.468. The van der Waals surface area contributed by atoms with Gasteiger partial charge in [0.25, 0.3) is 5.91 Å². The van der Waals surface area contributed by atoms with Crippen LogP contribution in [0, 0.1) is 17.3 Å². The number of nitrogens with zero attached hydrogens (tertiary/aromatic N) is 6. The molecule has 6 bridgehead atoms. The number of likely N-dealkylation sites (N-methyl/N-ethyl adjacent to an activating group) is 1. The largest absolute Gasteiger partial charge is 0.508 e. The molecule has 3 N–H and O–H groups in total. The van der Waals surface area contributed by atoms with Gasteiger partial charge in [-0.15, -0.1) is 0 Å². The SMILES string of the molecule is C=CC(=O)N1CC[C@H](C(=O)N(C)[C@H](C(=O)N[C@H]2Cc3cc(O)cc(c3)-c3ccc4c(c3)c(c(-c3cncnc3)n4CC)CC(C)(C)COC(=O)[C@@H]3CCCN(N3)C2=O)C(C)C)C1. The van der Waals surface area contributed by atoms with Crippen molar-refractivity contribution in [2.75, 3.05) is 33.3 Å². The number of hydrogen-bond acceptors (Lipinski definition) is 10. The second-order valence-electron chi connectivity index (χ2n) is 18.0. The molecule has 2 saturated heterocycles. The van der Waals surface area contributed by atoms with Gasteiger partial charge in [-0.2, -0.15) is 0 Å². The number of cyclic esters (lactones) is 1. The van der Waals surface area contributed by atoms with E-state index >= 15 is 0 Å². The summed E-state index contributed by atoms with van der Waals surface area (Å²) in [6.07, 6.45) is 8.30. The van der Waals surface area contributed by atoms with Crippen LogP contribution >= 0.6 is 0 Å². The molecule has 15 nitrogen and oxygen atoms in total. The number of aromatic hydroxyl groups is 1. The highest BCUT2D eigenvalue weighted by Crippen LogP contribution is 2.40. The Kier molecular flexibility index (Phi) is 12.8. The standard InChI is InChI=1S/C47H58N8O7/c1-8-40(57)53-16-14-31(25-53)44(59)52(7)41(28(3)4)43(58)50-38-19-29-17-32(20-34(56)18-29)30-12-13-39-35(21-30)36(42(54(39)9-2)33-23-48-27-49-24-33)22-47(5,6)26-62-46(61)37-11-10-15-55(51-37)45(38)60/h8,12-13,17-18,20-21,23-24,27-28,31,37-38,41,51,56H,1,9-11,14-16,19,22,25-26H2,2-7H3,(H,50,58)/t31-,37-,38-,41-/m0/s1. The van der Waals surface area contributed by atoms with E-state index in [2.05, 4.69) is 64.8 Å². The van der Waals surface area contributed by atoms with Gasteiger partial charge in [-0.25, -0.2) is 15.4 Å². The van der Waals surface area contributed by atoms with Gasteiger partial charge < -0.3 is 29.5 Å². The highest BCUT2D eigenvalue weighted by Gasteiger charge is 2.40. The third-order valence-corrected chi connectivity index (χ3v) is 12.4. The molecule has 0 aliphatic carbocycles. The molecule has 0 spiro atoms. The number of benzene rings is 2. The molecular formula is C47H58N8O7. The van der Waals surface area contributed by atoms with Gasteiger partial charge in [-0.3, -0.25) is 29.0 Å². The number of esters is 1. The van der Waals surface area contributed by atoms with Crippen LogP contribution in [-0.2, 0) is 48.1 Å². The quantitative estimate of drug-likeness (QED) is 0.167. The number of phenols is 1. The van der Waals surface area contributed by atoms with Crippen molar-refractivity contribution in [1.29, 1.82) is 0 Å². The number of phenolic OH excluding ortho intramolecular Hbond substituents is 1. The van der Waals surface area contributed by atoms with Crippen LogP contribution in [0.15, 0.2) is 67.8 Å². The molecule has 62 heavy (non-hydrogen) atoms. The Morgan fingerprint density at radius 3 is 2.53 bits per heavy atom. The van der Waals surface area contributed by atoms with E-state index in [1.807, 2.05) is 26.0 Å². The molecule has 4 amide bonds. The summed E-state index contributed by atoms with van der Waals surface area (Å²) in [4.78, 5) is 80.6. The first-order valence-electron chi connectivity index (χ1n) is 21.6. The number of hydrazine groups is 1. The van der Waals surface area contributed by atoms with Gasteiger partial charge in [0.1, 0.15) is 30.2 Å². The fourth-order valence-corrected chi connectivity index (χ4v) is 9.36. The van der Waals surface area contributed by atoms with Gasteiger partial charge in [0.2, 0.25) is 17.7 Å². The van der Waals surface area contributed by atoms with Gasteiger partial charge in [0, 0.05) is 73.9 Å². The maximum absolute atomic E-state index is 14.6. The van der Waals surface area contributed by atoms with Gasteiger partial charge in [0.05, 0.1) is 18.2 Å². The van der Waals surface area contributed by atoms with Crippen LogP contribution in [0.25, 0.3) is 33.3 Å². The molecule has 0 saturated carbocycles. The summed E-state index contributed by atoms with van der Waals surface area (Å²) >= 11 is 0. The molecule has 5 heterocycles. The molecular weight excluding hydrogens is 789 g/mol. The fourth-order valence-electron chi connectivity index (χ4n) is 9.36. The third-order valence-electron chi connectivity index (χ3n) is 12.4. The van der Waals surface area contributed by atoms with E-state index in [1.54, 1.807) is 36.5 Å². The first-order valence-corrected chi connectivity index (χ1v) is 21.6. The van der Waals surface area contributed by atoms with Crippen molar-refractivity contribution in [3.8, 4) is 28.1 Å². The zero-order valence-corrected chi connectivity index (χ0v) is 36.5.